The summed E-state index contributed by atoms with van der Waals surface area (Å²) in [6.45, 7) is 0. The zero-order valence-corrected chi connectivity index (χ0v) is 23.7. The molecule has 19 heteroatoms. The number of aromatic hydroxyl groups is 1. The van der Waals surface area contributed by atoms with Crippen LogP contribution in [0.25, 0.3) is 0 Å². The van der Waals surface area contributed by atoms with Gasteiger partial charge in [0.05, 0.1) is 11.8 Å². The van der Waals surface area contributed by atoms with Crippen LogP contribution in [0.5, 0.6) is 11.5 Å². The van der Waals surface area contributed by atoms with Gasteiger partial charge in [-0.15, -0.1) is 36.4 Å². The number of rotatable bonds is 3. The molecule has 6 atom stereocenters. The molecule has 0 radical (unpaired) electrons. The minimum absolute atomic E-state index is 0.177. The zero-order chi connectivity index (χ0) is 34.0. The van der Waals surface area contributed by atoms with Crippen LogP contribution in [-0.2, 0) is 19.2 Å². The average molecular weight is 701 g/mol. The minimum atomic E-state index is -5.29. The molecule has 9 nitrogen and oxygen atoms in total. The first kappa shape index (κ1) is 32.0. The predicted octanol–water partition coefficient (Wildman–Crippen LogP) is 4.94. The maximum absolute atomic E-state index is 15.0. The van der Waals surface area contributed by atoms with Crippen LogP contribution >= 0.6 is 23.2 Å². The summed E-state index contributed by atoms with van der Waals surface area (Å²) in [5.41, 5.74) is -2.94. The lowest BCUT2D eigenvalue weighted by molar-refractivity contribution is -0.274. The van der Waals surface area contributed by atoms with Gasteiger partial charge in [0.1, 0.15) is 17.2 Å². The van der Waals surface area contributed by atoms with Crippen LogP contribution in [0.1, 0.15) is 24.3 Å². The van der Waals surface area contributed by atoms with Gasteiger partial charge in [-0.3, -0.25) is 24.4 Å². The number of hydroxylamine groups is 2. The number of phenols is 1. The summed E-state index contributed by atoms with van der Waals surface area (Å²) in [5, 5.41) is 20.7. The third kappa shape index (κ3) is 4.03. The van der Waals surface area contributed by atoms with Crippen LogP contribution in [0.15, 0.2) is 29.8 Å². The number of hydrogen-bond donors (Lipinski definition) is 2. The van der Waals surface area contributed by atoms with Crippen molar-refractivity contribution in [3.63, 3.8) is 0 Å². The van der Waals surface area contributed by atoms with Crippen molar-refractivity contribution in [1.82, 2.24) is 5.06 Å². The molecule has 0 bridgehead atoms. The van der Waals surface area contributed by atoms with Crippen molar-refractivity contribution in [3.05, 3.63) is 64.5 Å². The topological polar surface area (TPSA) is 124 Å². The van der Waals surface area contributed by atoms with Gasteiger partial charge in [-0.1, -0.05) is 11.6 Å². The highest BCUT2D eigenvalue weighted by atomic mass is 35.5. The number of ether oxygens (including phenoxy) is 1. The molecule has 46 heavy (non-hydrogen) atoms. The molecule has 2 aromatic rings. The number of benzene rings is 2. The van der Waals surface area contributed by atoms with E-state index >= 15 is 0 Å². The van der Waals surface area contributed by atoms with E-state index in [9.17, 15) is 64.6 Å². The summed E-state index contributed by atoms with van der Waals surface area (Å²) in [4.78, 5) is 47.0. The molecule has 6 rings (SSSR count). The number of amides is 4. The van der Waals surface area contributed by atoms with Crippen LogP contribution in [0, 0.1) is 46.8 Å². The summed E-state index contributed by atoms with van der Waals surface area (Å²) in [7, 11) is 0. The third-order valence-electron chi connectivity index (χ3n) is 8.74. The van der Waals surface area contributed by atoms with Gasteiger partial charge < -0.3 is 9.84 Å². The van der Waals surface area contributed by atoms with Crippen LogP contribution in [0.2, 0.25) is 0 Å². The molecule has 2 aliphatic heterocycles. The van der Waals surface area contributed by atoms with E-state index in [2.05, 4.69) is 4.74 Å². The first-order chi connectivity index (χ1) is 21.3. The van der Waals surface area contributed by atoms with Gasteiger partial charge in [0, 0.05) is 11.5 Å². The van der Waals surface area contributed by atoms with E-state index in [1.54, 1.807) is 0 Å². The number of imide groups is 2. The van der Waals surface area contributed by atoms with Crippen LogP contribution in [0.4, 0.5) is 40.8 Å². The summed E-state index contributed by atoms with van der Waals surface area (Å²) in [5.74, 6) is -27.3. The van der Waals surface area contributed by atoms with Crippen molar-refractivity contribution in [2.24, 2.45) is 17.8 Å². The quantitative estimate of drug-likeness (QED) is 0.0885. The highest BCUT2D eigenvalue weighted by Crippen LogP contribution is 2.66. The van der Waals surface area contributed by atoms with Crippen LogP contribution in [0.3, 0.4) is 0 Å². The van der Waals surface area contributed by atoms with Gasteiger partial charge in [-0.05, 0) is 37.0 Å². The lowest BCUT2D eigenvalue weighted by atomic mass is 9.56. The molecule has 2 aliphatic carbocycles. The first-order valence-electron chi connectivity index (χ1n) is 12.9. The van der Waals surface area contributed by atoms with Crippen molar-refractivity contribution >= 4 is 52.5 Å². The zero-order valence-electron chi connectivity index (χ0n) is 22.1. The molecule has 4 aliphatic rings. The molecule has 244 valence electrons. The van der Waals surface area contributed by atoms with Crippen LogP contribution < -0.4 is 9.64 Å². The Morgan fingerprint density at radius 3 is 2.04 bits per heavy atom. The van der Waals surface area contributed by atoms with Gasteiger partial charge in [-0.2, -0.15) is 5.06 Å². The molecule has 2 saturated heterocycles. The Bertz CT molecular complexity index is 1790. The largest absolute Gasteiger partial charge is 0.573 e. The van der Waals surface area contributed by atoms with Crippen molar-refractivity contribution in [2.45, 2.75) is 34.9 Å². The molecule has 2 N–H and O–H groups in total. The summed E-state index contributed by atoms with van der Waals surface area (Å²) in [6, 6.07) is 1.87. The van der Waals surface area contributed by atoms with Gasteiger partial charge in [-0.25, -0.2) is 26.9 Å². The van der Waals surface area contributed by atoms with Crippen LogP contribution in [-0.4, -0.2) is 55.1 Å². The SMILES string of the molecule is O=C1[C@H]2[C@H](CC=C3[C@H]2C[C@@]2(Cl)C(=O)N(c4c(F)c(F)c(F)c(F)c4F)C(=O)[C@@]2(Cl)[C@H]3c2cc(OC(F)(F)F)ccc2O)C(=O)N1O. The van der Waals surface area contributed by atoms with E-state index in [0.29, 0.717) is 18.2 Å². The Kier molecular flexibility index (Phi) is 6.97. The highest BCUT2D eigenvalue weighted by Gasteiger charge is 2.77. The number of hydrogen-bond acceptors (Lipinski definition) is 7. The Labute approximate surface area is 260 Å². The fraction of sp³-hybridized carbons (Fsp3) is 0.333. The molecular weight excluding hydrogens is 687 g/mol. The number of carbonyl (C=O) groups excluding carboxylic acids is 4. The van der Waals surface area contributed by atoms with Crippen molar-refractivity contribution in [3.8, 4) is 11.5 Å². The maximum atomic E-state index is 15.0. The van der Waals surface area contributed by atoms with Gasteiger partial charge >= 0.3 is 6.36 Å². The van der Waals surface area contributed by atoms with Crippen molar-refractivity contribution < 1.29 is 69.4 Å². The molecule has 3 fully saturated rings. The van der Waals surface area contributed by atoms with E-state index in [4.69, 9.17) is 23.2 Å². The van der Waals surface area contributed by atoms with E-state index in [1.807, 2.05) is 0 Å². The van der Waals surface area contributed by atoms with E-state index < -0.39 is 127 Å². The number of phenolic OH excluding ortho intramolecular Hbond substituents is 1. The van der Waals surface area contributed by atoms with Gasteiger partial charge in [0.15, 0.2) is 33.0 Å². The lowest BCUT2D eigenvalue weighted by Crippen LogP contribution is -2.60. The number of carbonyl (C=O) groups is 4. The summed E-state index contributed by atoms with van der Waals surface area (Å²) >= 11 is 13.6. The van der Waals surface area contributed by atoms with Gasteiger partial charge in [0.2, 0.25) is 5.82 Å². The Morgan fingerprint density at radius 2 is 1.46 bits per heavy atom. The number of allylic oxidation sites excluding steroid dienone is 2. The van der Waals surface area contributed by atoms with Crippen molar-refractivity contribution in [2.75, 3.05) is 4.90 Å². The maximum Gasteiger partial charge on any atom is 0.573 e. The molecule has 4 amide bonds. The standard InChI is InChI=1S/C27H14Cl2F8N2O7/c28-25-6-11-8(2-3-9-13(11)22(42)39(45)21(9)41)14(10-5-7(1-4-12(10)40)46-27(35,36)37)26(25,29)24(44)38(23(25)43)20-18(33)16(31)15(30)17(32)19(20)34/h1-2,4-5,9,11,13-14,40,45H,3,6H2/t9-,11+,13-,14+,25+,26-/m0/s1. The summed E-state index contributed by atoms with van der Waals surface area (Å²) < 4.78 is 116. The molecule has 2 aromatic carbocycles. The molecule has 1 saturated carbocycles. The number of fused-ring (bicyclic) bond motifs is 4. The molecule has 2 heterocycles. The Balaban J connectivity index is 1.63. The van der Waals surface area contributed by atoms with Crippen molar-refractivity contribution in [1.29, 1.82) is 0 Å². The number of halogens is 10. The number of anilines is 1. The second kappa shape index (κ2) is 10.0. The lowest BCUT2D eigenvalue weighted by Gasteiger charge is -2.50. The molecule has 0 unspecified atom stereocenters. The minimum Gasteiger partial charge on any atom is -0.508 e. The van der Waals surface area contributed by atoms with E-state index in [-0.39, 0.29) is 17.1 Å². The Morgan fingerprint density at radius 1 is 0.870 bits per heavy atom. The highest BCUT2D eigenvalue weighted by molar-refractivity contribution is 6.58. The Hall–Kier alpha value is -3.96. The van der Waals surface area contributed by atoms with E-state index in [1.165, 1.54) is 6.08 Å². The normalized spacial score (nSPS) is 30.8. The number of alkyl halides is 5. The summed E-state index contributed by atoms with van der Waals surface area (Å²) in [6.07, 6.45) is -5.36. The van der Waals surface area contributed by atoms with Gasteiger partial charge in [0.25, 0.3) is 23.6 Å². The number of nitrogens with zero attached hydrogens (tertiary/aromatic N) is 2. The fourth-order valence-corrected chi connectivity index (χ4v) is 7.78. The molecule has 0 spiro atoms. The molecular formula is C27H14Cl2F8N2O7. The first-order valence-corrected chi connectivity index (χ1v) is 13.7. The average Bonchev–Trinajstić information content (AvgIpc) is 3.29. The van der Waals surface area contributed by atoms with E-state index in [0.717, 1.165) is 0 Å². The molecule has 0 aromatic heterocycles. The predicted molar refractivity (Wildman–Crippen MR) is 135 cm³/mol. The smallest absolute Gasteiger partial charge is 0.508 e. The monoisotopic (exact) mass is 700 g/mol. The second-order valence-corrected chi connectivity index (χ2v) is 12.2. The fourth-order valence-electron chi connectivity index (χ4n) is 6.86. The third-order valence-corrected chi connectivity index (χ3v) is 10.2. The second-order valence-electron chi connectivity index (χ2n) is 10.9.